The van der Waals surface area contributed by atoms with Crippen molar-refractivity contribution in [3.63, 3.8) is 0 Å². The maximum absolute atomic E-state index is 9.72. The lowest BCUT2D eigenvalue weighted by Gasteiger charge is -2.21. The Kier molecular flexibility index (Phi) is 7.89. The van der Waals surface area contributed by atoms with Crippen LogP contribution in [0.5, 0.6) is 5.75 Å². The highest BCUT2D eigenvalue weighted by atomic mass is 35.5. The number of hydrogen-bond acceptors (Lipinski definition) is 4. The molecule has 4 rings (SSSR count). The Bertz CT molecular complexity index is 1280. The number of nitriles is 1. The molecule has 33 heavy (non-hydrogen) atoms. The molecule has 168 valence electrons. The minimum absolute atomic E-state index is 0. The quantitative estimate of drug-likeness (QED) is 0.340. The highest BCUT2D eigenvalue weighted by molar-refractivity contribution is 5.85. The third-order valence-corrected chi connectivity index (χ3v) is 5.58. The van der Waals surface area contributed by atoms with E-state index in [-0.39, 0.29) is 18.5 Å². The number of halogens is 1. The molecule has 1 heterocycles. The summed E-state index contributed by atoms with van der Waals surface area (Å²) in [6, 6.07) is 24.2. The Balaban J connectivity index is 0.00000306. The van der Waals surface area contributed by atoms with Crippen LogP contribution >= 0.6 is 12.4 Å². The average Bonchev–Trinajstić information content (AvgIpc) is 3.25. The van der Waals surface area contributed by atoms with Crippen molar-refractivity contribution in [2.24, 2.45) is 7.05 Å². The van der Waals surface area contributed by atoms with Crippen LogP contribution < -0.4 is 4.74 Å². The standard InChI is InChI=1S/C27H25N3O2.ClH/c1-19-7-4-5-10-24(19)25-14-21(11-12-22(25)15-28)27(26-16-29-18-30(26)2)32-17-20-8-6-9-23(13-20)31-3;/h4-14,16,18,27H,17H2,1-3H3;1H. The lowest BCUT2D eigenvalue weighted by atomic mass is 9.93. The summed E-state index contributed by atoms with van der Waals surface area (Å²) in [5.74, 6) is 0.795. The molecule has 0 spiro atoms. The van der Waals surface area contributed by atoms with Gasteiger partial charge >= 0.3 is 0 Å². The second kappa shape index (κ2) is 10.8. The highest BCUT2D eigenvalue weighted by Gasteiger charge is 2.21. The zero-order valence-corrected chi connectivity index (χ0v) is 19.7. The van der Waals surface area contributed by atoms with E-state index in [0.29, 0.717) is 12.2 Å². The van der Waals surface area contributed by atoms with Crippen molar-refractivity contribution in [2.75, 3.05) is 7.11 Å². The van der Waals surface area contributed by atoms with E-state index in [9.17, 15) is 5.26 Å². The lowest BCUT2D eigenvalue weighted by molar-refractivity contribution is 0.0621. The maximum Gasteiger partial charge on any atom is 0.124 e. The van der Waals surface area contributed by atoms with E-state index in [0.717, 1.165) is 39.3 Å². The van der Waals surface area contributed by atoms with E-state index in [1.807, 2.05) is 72.4 Å². The van der Waals surface area contributed by atoms with E-state index < -0.39 is 0 Å². The van der Waals surface area contributed by atoms with Gasteiger partial charge in [0.25, 0.3) is 0 Å². The molecule has 0 saturated heterocycles. The number of imidazole rings is 1. The molecule has 1 unspecified atom stereocenters. The number of benzene rings is 3. The van der Waals surface area contributed by atoms with Gasteiger partial charge in [0, 0.05) is 12.6 Å². The van der Waals surface area contributed by atoms with Crippen LogP contribution in [0.3, 0.4) is 0 Å². The number of ether oxygens (including phenoxy) is 2. The summed E-state index contributed by atoms with van der Waals surface area (Å²) in [4.78, 5) is 4.29. The zero-order chi connectivity index (χ0) is 22.5. The van der Waals surface area contributed by atoms with Crippen LogP contribution in [0.4, 0.5) is 0 Å². The van der Waals surface area contributed by atoms with Gasteiger partial charge in [0.1, 0.15) is 11.9 Å². The molecule has 0 amide bonds. The summed E-state index contributed by atoms with van der Waals surface area (Å²) >= 11 is 0. The number of methoxy groups -OCH3 is 1. The molecule has 3 aromatic carbocycles. The van der Waals surface area contributed by atoms with Gasteiger partial charge in [-0.25, -0.2) is 4.98 Å². The summed E-state index contributed by atoms with van der Waals surface area (Å²) in [7, 11) is 3.61. The van der Waals surface area contributed by atoms with Crippen molar-refractivity contribution in [3.05, 3.63) is 107 Å². The maximum atomic E-state index is 9.72. The van der Waals surface area contributed by atoms with Gasteiger partial charge in [-0.3, -0.25) is 0 Å². The van der Waals surface area contributed by atoms with Gasteiger partial charge in [0.05, 0.1) is 43.6 Å². The van der Waals surface area contributed by atoms with Crippen LogP contribution in [0, 0.1) is 18.3 Å². The van der Waals surface area contributed by atoms with Crippen LogP contribution in [0.25, 0.3) is 11.1 Å². The number of rotatable bonds is 7. The van der Waals surface area contributed by atoms with Crippen LogP contribution in [0.2, 0.25) is 0 Å². The predicted molar refractivity (Wildman–Crippen MR) is 131 cm³/mol. The van der Waals surface area contributed by atoms with E-state index in [4.69, 9.17) is 9.47 Å². The van der Waals surface area contributed by atoms with Gasteiger partial charge in [-0.2, -0.15) is 5.26 Å². The fourth-order valence-corrected chi connectivity index (χ4v) is 3.83. The van der Waals surface area contributed by atoms with Crippen LogP contribution in [-0.4, -0.2) is 16.7 Å². The van der Waals surface area contributed by atoms with Gasteiger partial charge in [0.2, 0.25) is 0 Å². The molecule has 0 aliphatic heterocycles. The first-order valence-corrected chi connectivity index (χ1v) is 10.4. The van der Waals surface area contributed by atoms with Crippen molar-refractivity contribution in [1.29, 1.82) is 5.26 Å². The van der Waals surface area contributed by atoms with Gasteiger partial charge in [-0.15, -0.1) is 12.4 Å². The summed E-state index contributed by atoms with van der Waals surface area (Å²) in [6.07, 6.45) is 3.25. The molecule has 6 heteroatoms. The van der Waals surface area contributed by atoms with Gasteiger partial charge < -0.3 is 14.0 Å². The molecule has 0 bridgehead atoms. The number of aryl methyl sites for hydroxylation is 2. The summed E-state index contributed by atoms with van der Waals surface area (Å²) in [5.41, 5.74) is 6.63. The van der Waals surface area contributed by atoms with Crippen LogP contribution in [0.1, 0.15) is 34.1 Å². The molecule has 1 aromatic heterocycles. The third kappa shape index (κ3) is 5.25. The fraction of sp³-hybridized carbons (Fsp3) is 0.185. The van der Waals surface area contributed by atoms with Crippen LogP contribution in [0.15, 0.2) is 79.3 Å². The Morgan fingerprint density at radius 3 is 2.55 bits per heavy atom. The number of hydrogen-bond donors (Lipinski definition) is 0. The Labute approximate surface area is 200 Å². The normalized spacial score (nSPS) is 11.3. The molecule has 0 fully saturated rings. The van der Waals surface area contributed by atoms with Crippen molar-refractivity contribution in [1.82, 2.24) is 9.55 Å². The highest BCUT2D eigenvalue weighted by Crippen LogP contribution is 2.33. The monoisotopic (exact) mass is 459 g/mol. The second-order valence-corrected chi connectivity index (χ2v) is 7.70. The summed E-state index contributed by atoms with van der Waals surface area (Å²) in [6.45, 7) is 2.47. The summed E-state index contributed by atoms with van der Waals surface area (Å²) in [5, 5.41) is 9.72. The van der Waals surface area contributed by atoms with Crippen LogP contribution in [-0.2, 0) is 18.4 Å². The molecular formula is C27H26ClN3O2. The van der Waals surface area contributed by atoms with Crippen molar-refractivity contribution >= 4 is 12.4 Å². The molecule has 1 atom stereocenters. The molecule has 0 N–H and O–H groups in total. The van der Waals surface area contributed by atoms with E-state index >= 15 is 0 Å². The molecule has 5 nitrogen and oxygen atoms in total. The smallest absolute Gasteiger partial charge is 0.124 e. The van der Waals surface area contributed by atoms with Crippen molar-refractivity contribution in [3.8, 4) is 22.9 Å². The Hall–Kier alpha value is -3.59. The minimum atomic E-state index is -0.343. The molecule has 0 radical (unpaired) electrons. The van der Waals surface area contributed by atoms with Gasteiger partial charge in [-0.05, 0) is 53.4 Å². The van der Waals surface area contributed by atoms with Gasteiger partial charge in [0.15, 0.2) is 0 Å². The topological polar surface area (TPSA) is 60.1 Å². The molecule has 4 aromatic rings. The Morgan fingerprint density at radius 2 is 1.85 bits per heavy atom. The first kappa shape index (κ1) is 24.1. The largest absolute Gasteiger partial charge is 0.497 e. The predicted octanol–water partition coefficient (Wildman–Crippen LogP) is 6.00. The zero-order valence-electron chi connectivity index (χ0n) is 18.9. The molecule has 0 aliphatic carbocycles. The average molecular weight is 460 g/mol. The van der Waals surface area contributed by atoms with E-state index in [1.165, 1.54) is 0 Å². The SMILES string of the molecule is COc1cccc(COC(c2ccc(C#N)c(-c3ccccc3C)c2)c2cncn2C)c1.Cl. The third-order valence-electron chi connectivity index (χ3n) is 5.58. The second-order valence-electron chi connectivity index (χ2n) is 7.70. The first-order chi connectivity index (χ1) is 15.6. The molecule has 0 aliphatic rings. The molecule has 0 saturated carbocycles. The van der Waals surface area contributed by atoms with Crippen molar-refractivity contribution in [2.45, 2.75) is 19.6 Å². The minimum Gasteiger partial charge on any atom is -0.497 e. The fourth-order valence-electron chi connectivity index (χ4n) is 3.83. The Morgan fingerprint density at radius 1 is 1.03 bits per heavy atom. The van der Waals surface area contributed by atoms with Gasteiger partial charge in [-0.1, -0.05) is 42.5 Å². The first-order valence-electron chi connectivity index (χ1n) is 10.4. The number of aromatic nitrogens is 2. The molecular weight excluding hydrogens is 434 g/mol. The lowest BCUT2D eigenvalue weighted by Crippen LogP contribution is -2.11. The van der Waals surface area contributed by atoms with Crippen molar-refractivity contribution < 1.29 is 9.47 Å². The summed E-state index contributed by atoms with van der Waals surface area (Å²) < 4.78 is 13.7. The number of nitrogens with zero attached hydrogens (tertiary/aromatic N) is 3. The van der Waals surface area contributed by atoms with E-state index in [2.05, 4.69) is 30.1 Å². The van der Waals surface area contributed by atoms with E-state index in [1.54, 1.807) is 13.4 Å².